The van der Waals surface area contributed by atoms with Crippen LogP contribution in [0.25, 0.3) is 0 Å². The van der Waals surface area contributed by atoms with E-state index in [1.54, 1.807) is 29.9 Å². The Morgan fingerprint density at radius 2 is 1.88 bits per heavy atom. The summed E-state index contributed by atoms with van der Waals surface area (Å²) in [5.41, 5.74) is 0.927. The van der Waals surface area contributed by atoms with Crippen LogP contribution in [0.2, 0.25) is 0 Å². The fourth-order valence-corrected chi connectivity index (χ4v) is 5.27. The molecule has 1 aliphatic rings. The number of carbonyl (C=O) groups excluding carboxylic acids is 1. The minimum atomic E-state index is -3.57. The second-order valence-corrected chi connectivity index (χ2v) is 9.98. The maximum atomic E-state index is 13.1. The number of rotatable bonds is 4. The molecule has 0 radical (unpaired) electrons. The molecule has 1 amide bonds. The first-order valence-electron chi connectivity index (χ1n) is 9.07. The second kappa shape index (κ2) is 7.66. The van der Waals surface area contributed by atoms with E-state index < -0.39 is 10.0 Å². The predicted molar refractivity (Wildman–Crippen MR) is 99.5 cm³/mol. The molecule has 1 aromatic rings. The maximum absolute atomic E-state index is 13.1. The van der Waals surface area contributed by atoms with Crippen molar-refractivity contribution in [1.29, 1.82) is 0 Å². The molecule has 2 N–H and O–H groups in total. The smallest absolute Gasteiger partial charge is 0.275 e. The first kappa shape index (κ1) is 20.9. The molecular formula is C17H32N5O3S+. The van der Waals surface area contributed by atoms with Crippen molar-refractivity contribution >= 4 is 15.9 Å². The number of carbonyl (C=O) groups is 1. The number of nitrogens with one attached hydrogen (secondary N) is 2. The van der Waals surface area contributed by atoms with E-state index >= 15 is 0 Å². The number of amides is 1. The summed E-state index contributed by atoms with van der Waals surface area (Å²) in [7, 11) is -1.82. The van der Waals surface area contributed by atoms with Crippen LogP contribution in [0.15, 0.2) is 4.90 Å². The Hall–Kier alpha value is -1.45. The lowest BCUT2D eigenvalue weighted by molar-refractivity contribution is -0.889. The summed E-state index contributed by atoms with van der Waals surface area (Å²) in [5.74, 6) is 0.00255. The highest BCUT2D eigenvalue weighted by atomic mass is 32.2. The van der Waals surface area contributed by atoms with Gasteiger partial charge in [0.2, 0.25) is 10.0 Å². The Morgan fingerprint density at radius 1 is 1.23 bits per heavy atom. The lowest BCUT2D eigenvalue weighted by Gasteiger charge is -2.23. The van der Waals surface area contributed by atoms with Crippen molar-refractivity contribution in [2.24, 2.45) is 7.05 Å². The molecule has 0 aliphatic carbocycles. The van der Waals surface area contributed by atoms with E-state index in [0.717, 1.165) is 17.9 Å². The van der Waals surface area contributed by atoms with Gasteiger partial charge in [-0.25, -0.2) is 8.42 Å². The molecule has 148 valence electrons. The third-order valence-electron chi connectivity index (χ3n) is 4.62. The molecular weight excluding hydrogens is 354 g/mol. The van der Waals surface area contributed by atoms with Gasteiger partial charge in [-0.05, 0) is 34.6 Å². The van der Waals surface area contributed by atoms with Crippen molar-refractivity contribution < 1.29 is 18.1 Å². The van der Waals surface area contributed by atoms with Crippen LogP contribution in [0.3, 0.4) is 0 Å². The van der Waals surface area contributed by atoms with Crippen LogP contribution in [0, 0.1) is 13.8 Å². The third kappa shape index (κ3) is 4.83. The fraction of sp³-hybridized carbons (Fsp3) is 0.765. The van der Waals surface area contributed by atoms with Crippen LogP contribution in [-0.2, 0) is 21.9 Å². The first-order valence-corrected chi connectivity index (χ1v) is 10.5. The zero-order valence-electron chi connectivity index (χ0n) is 16.7. The molecule has 2 heterocycles. The molecule has 26 heavy (non-hydrogen) atoms. The van der Waals surface area contributed by atoms with Crippen LogP contribution in [0.1, 0.15) is 38.6 Å². The van der Waals surface area contributed by atoms with E-state index in [-0.39, 0.29) is 11.4 Å². The van der Waals surface area contributed by atoms with Crippen molar-refractivity contribution in [2.75, 3.05) is 32.7 Å². The van der Waals surface area contributed by atoms with Gasteiger partial charge >= 0.3 is 0 Å². The van der Waals surface area contributed by atoms with Gasteiger partial charge < -0.3 is 10.2 Å². The SMILES string of the molecule is Cc1nn(C)c(C)c1S(=O)(=O)N1CCC[NH+](CC(=O)NC(C)(C)C)CC1. The summed E-state index contributed by atoms with van der Waals surface area (Å²) >= 11 is 0. The van der Waals surface area contributed by atoms with Gasteiger partial charge in [0.1, 0.15) is 4.90 Å². The molecule has 1 saturated heterocycles. The van der Waals surface area contributed by atoms with Gasteiger partial charge in [-0.15, -0.1) is 0 Å². The van der Waals surface area contributed by atoms with Gasteiger partial charge in [0.05, 0.1) is 31.0 Å². The van der Waals surface area contributed by atoms with E-state index in [4.69, 9.17) is 0 Å². The number of sulfonamides is 1. The van der Waals surface area contributed by atoms with Crippen LogP contribution in [0.5, 0.6) is 0 Å². The third-order valence-corrected chi connectivity index (χ3v) is 6.77. The van der Waals surface area contributed by atoms with Crippen molar-refractivity contribution in [3.8, 4) is 0 Å². The highest BCUT2D eigenvalue weighted by Crippen LogP contribution is 2.23. The minimum Gasteiger partial charge on any atom is -0.347 e. The highest BCUT2D eigenvalue weighted by molar-refractivity contribution is 7.89. The molecule has 0 aromatic carbocycles. The molecule has 8 nitrogen and oxygen atoms in total. The molecule has 0 bridgehead atoms. The molecule has 2 rings (SSSR count). The summed E-state index contributed by atoms with van der Waals surface area (Å²) < 4.78 is 29.3. The fourth-order valence-electron chi connectivity index (χ4n) is 3.39. The lowest BCUT2D eigenvalue weighted by Crippen LogP contribution is -3.13. The number of hydrogen-bond acceptors (Lipinski definition) is 4. The normalized spacial score (nSPS) is 20.0. The van der Waals surface area contributed by atoms with E-state index in [0.29, 0.717) is 42.5 Å². The van der Waals surface area contributed by atoms with Gasteiger partial charge in [0.15, 0.2) is 6.54 Å². The molecule has 1 unspecified atom stereocenters. The zero-order valence-corrected chi connectivity index (χ0v) is 17.5. The highest BCUT2D eigenvalue weighted by Gasteiger charge is 2.33. The van der Waals surface area contributed by atoms with Crippen LogP contribution >= 0.6 is 0 Å². The van der Waals surface area contributed by atoms with Crippen LogP contribution in [0.4, 0.5) is 0 Å². The van der Waals surface area contributed by atoms with E-state index in [2.05, 4.69) is 10.4 Å². The van der Waals surface area contributed by atoms with Gasteiger partial charge in [-0.1, -0.05) is 0 Å². The number of nitrogens with zero attached hydrogens (tertiary/aromatic N) is 3. The van der Waals surface area contributed by atoms with Gasteiger partial charge in [0, 0.05) is 25.6 Å². The molecule has 1 atom stereocenters. The van der Waals surface area contributed by atoms with Crippen molar-refractivity contribution in [2.45, 2.75) is 51.5 Å². The minimum absolute atomic E-state index is 0.00255. The number of aryl methyl sites for hydroxylation is 2. The number of quaternary nitrogens is 1. The molecule has 0 spiro atoms. The van der Waals surface area contributed by atoms with E-state index in [9.17, 15) is 13.2 Å². The Labute approximate surface area is 156 Å². The molecule has 1 fully saturated rings. The molecule has 1 aliphatic heterocycles. The molecule has 1 aromatic heterocycles. The van der Waals surface area contributed by atoms with Crippen molar-refractivity contribution in [3.05, 3.63) is 11.4 Å². The predicted octanol–water partition coefficient (Wildman–Crippen LogP) is -0.769. The Morgan fingerprint density at radius 3 is 2.42 bits per heavy atom. The van der Waals surface area contributed by atoms with Crippen molar-refractivity contribution in [1.82, 2.24) is 19.4 Å². The van der Waals surface area contributed by atoms with Gasteiger partial charge in [-0.3, -0.25) is 9.48 Å². The summed E-state index contributed by atoms with van der Waals surface area (Å²) in [4.78, 5) is 13.6. The van der Waals surface area contributed by atoms with Gasteiger partial charge in [-0.2, -0.15) is 9.40 Å². The number of aromatic nitrogens is 2. The first-order chi connectivity index (χ1) is 11.9. The molecule has 0 saturated carbocycles. The second-order valence-electron chi connectivity index (χ2n) is 8.11. The maximum Gasteiger partial charge on any atom is 0.275 e. The van der Waals surface area contributed by atoms with Crippen LogP contribution in [-0.4, -0.2) is 66.7 Å². The largest absolute Gasteiger partial charge is 0.347 e. The number of hydrogen-bond donors (Lipinski definition) is 2. The lowest BCUT2D eigenvalue weighted by atomic mass is 10.1. The van der Waals surface area contributed by atoms with Crippen molar-refractivity contribution in [3.63, 3.8) is 0 Å². The monoisotopic (exact) mass is 386 g/mol. The van der Waals surface area contributed by atoms with E-state index in [1.807, 2.05) is 20.8 Å². The average molecular weight is 387 g/mol. The topological polar surface area (TPSA) is 88.7 Å². The summed E-state index contributed by atoms with van der Waals surface area (Å²) in [6.07, 6.45) is 0.732. The van der Waals surface area contributed by atoms with Crippen LogP contribution < -0.4 is 10.2 Å². The summed E-state index contributed by atoms with van der Waals surface area (Å²) in [6.45, 7) is 12.0. The molecule has 9 heteroatoms. The standard InChI is InChI=1S/C17H31N5O3S/c1-13-16(14(2)20(6)19-13)26(24,25)22-9-7-8-21(10-11-22)12-15(23)18-17(3,4)5/h7-12H2,1-6H3,(H,18,23)/p+1. The Balaban J connectivity index is 2.07. The Bertz CT molecular complexity index is 764. The average Bonchev–Trinajstić information content (AvgIpc) is 2.64. The van der Waals surface area contributed by atoms with Gasteiger partial charge in [0.25, 0.3) is 5.91 Å². The van der Waals surface area contributed by atoms with E-state index in [1.165, 1.54) is 0 Å². The summed E-state index contributed by atoms with van der Waals surface area (Å²) in [5, 5.41) is 7.21. The Kier molecular flexibility index (Phi) is 6.14. The zero-order chi connectivity index (χ0) is 19.7. The quantitative estimate of drug-likeness (QED) is 0.711. The summed E-state index contributed by atoms with van der Waals surface area (Å²) in [6, 6.07) is 0.